The van der Waals surface area contributed by atoms with E-state index in [9.17, 15) is 27.6 Å². The van der Waals surface area contributed by atoms with Gasteiger partial charge in [-0.15, -0.1) is 0 Å². The molecule has 32 heavy (non-hydrogen) atoms. The van der Waals surface area contributed by atoms with Gasteiger partial charge in [0, 0.05) is 11.1 Å². The van der Waals surface area contributed by atoms with E-state index < -0.39 is 22.9 Å². The number of amides is 3. The summed E-state index contributed by atoms with van der Waals surface area (Å²) in [5, 5.41) is 1.41. The predicted molar refractivity (Wildman–Crippen MR) is 109 cm³/mol. The summed E-state index contributed by atoms with van der Waals surface area (Å²) in [5.74, 6) is -0.376. The van der Waals surface area contributed by atoms with Crippen molar-refractivity contribution >= 4 is 28.8 Å². The molecule has 10 heteroatoms. The van der Waals surface area contributed by atoms with Crippen molar-refractivity contribution < 1.29 is 36.8 Å². The number of rotatable bonds is 3. The Bertz CT molecular complexity index is 1110. The summed E-state index contributed by atoms with van der Waals surface area (Å²) < 4.78 is 45.1. The molecule has 1 aromatic carbocycles. The molecule has 5 rings (SSSR count). The lowest BCUT2D eigenvalue weighted by Crippen LogP contribution is -2.42. The Balaban J connectivity index is 1.36. The molecule has 4 atom stereocenters. The van der Waals surface area contributed by atoms with Crippen LogP contribution in [0.25, 0.3) is 0 Å². The minimum Gasteiger partial charge on any atom is -0.436 e. The van der Waals surface area contributed by atoms with Gasteiger partial charge in [0.15, 0.2) is 6.54 Å². The quantitative estimate of drug-likeness (QED) is 0.546. The summed E-state index contributed by atoms with van der Waals surface area (Å²) in [7, 11) is 0. The molecule has 4 aliphatic rings. The highest BCUT2D eigenvalue weighted by Gasteiger charge is 2.66. The van der Waals surface area contributed by atoms with E-state index in [1.54, 1.807) is 6.92 Å². The van der Waals surface area contributed by atoms with Crippen molar-refractivity contribution in [2.45, 2.75) is 44.0 Å². The van der Waals surface area contributed by atoms with Crippen molar-refractivity contribution in [1.82, 2.24) is 5.32 Å². The summed E-state index contributed by atoms with van der Waals surface area (Å²) in [4.78, 5) is 36.6. The minimum atomic E-state index is -4.39. The van der Waals surface area contributed by atoms with Gasteiger partial charge in [0.2, 0.25) is 5.91 Å². The van der Waals surface area contributed by atoms with E-state index in [2.05, 4.69) is 5.32 Å². The van der Waals surface area contributed by atoms with Crippen molar-refractivity contribution in [2.75, 3.05) is 6.54 Å². The molecule has 2 saturated heterocycles. The van der Waals surface area contributed by atoms with Gasteiger partial charge in [-0.25, -0.2) is 9.28 Å². The number of allylic oxidation sites excluding steroid dienone is 3. The fraction of sp³-hybridized carbons (Fsp3) is 0.409. The summed E-state index contributed by atoms with van der Waals surface area (Å²) >= 11 is 0.958. The first-order chi connectivity index (χ1) is 15.1. The molecule has 3 aliphatic heterocycles. The highest BCUT2D eigenvalue weighted by atomic mass is 32.2. The molecular weight excluding hydrogens is 445 g/mol. The van der Waals surface area contributed by atoms with Crippen LogP contribution in [0.4, 0.5) is 18.0 Å². The van der Waals surface area contributed by atoms with Crippen LogP contribution in [0.15, 0.2) is 41.5 Å². The normalized spacial score (nSPS) is 31.1. The maximum atomic E-state index is 13.4. The fourth-order valence-electron chi connectivity index (χ4n) is 4.62. The van der Waals surface area contributed by atoms with Gasteiger partial charge in [0.1, 0.15) is 12.3 Å². The van der Waals surface area contributed by atoms with Gasteiger partial charge in [0.05, 0.1) is 10.8 Å². The van der Waals surface area contributed by atoms with Crippen molar-refractivity contribution in [2.24, 2.45) is 5.92 Å². The second-order valence-corrected chi connectivity index (χ2v) is 9.87. The summed E-state index contributed by atoms with van der Waals surface area (Å²) in [5.41, 5.74) is 1.43. The molecule has 4 unspecified atom stereocenters. The van der Waals surface area contributed by atoms with E-state index in [1.807, 2.05) is 18.2 Å². The van der Waals surface area contributed by atoms with Crippen LogP contribution in [-0.2, 0) is 22.6 Å². The van der Waals surface area contributed by atoms with Crippen LogP contribution in [0.3, 0.4) is 0 Å². The SMILES string of the molecule is CC1CC(C(F)(F)F)=CC=C1C(=O)[N+]12Cc3cc(CC4SC(=O)NC4=O)ccc3OC1C2. The van der Waals surface area contributed by atoms with Crippen molar-refractivity contribution in [3.63, 3.8) is 0 Å². The highest BCUT2D eigenvalue weighted by Crippen LogP contribution is 2.47. The largest absolute Gasteiger partial charge is 0.436 e. The Hall–Kier alpha value is -2.59. The Labute approximate surface area is 186 Å². The van der Waals surface area contributed by atoms with Gasteiger partial charge < -0.3 is 4.74 Å². The molecule has 0 radical (unpaired) electrons. The molecule has 6 nitrogen and oxygen atoms in total. The van der Waals surface area contributed by atoms with Crippen molar-refractivity contribution in [3.05, 3.63) is 52.6 Å². The number of carbonyl (C=O) groups is 3. The number of thioether (sulfide) groups is 1. The lowest BCUT2D eigenvalue weighted by molar-refractivity contribution is -0.763. The predicted octanol–water partition coefficient (Wildman–Crippen LogP) is 3.61. The number of imide groups is 1. The number of ether oxygens (including phenoxy) is 1. The Morgan fingerprint density at radius 1 is 1.28 bits per heavy atom. The Morgan fingerprint density at radius 2 is 2.06 bits per heavy atom. The number of alkyl halides is 3. The van der Waals surface area contributed by atoms with Gasteiger partial charge in [-0.2, -0.15) is 13.2 Å². The van der Waals surface area contributed by atoms with Crippen LogP contribution >= 0.6 is 11.8 Å². The van der Waals surface area contributed by atoms with E-state index in [-0.39, 0.29) is 34.2 Å². The van der Waals surface area contributed by atoms with E-state index in [0.717, 1.165) is 29.0 Å². The van der Waals surface area contributed by atoms with Gasteiger partial charge in [-0.05, 0) is 42.5 Å². The molecule has 168 valence electrons. The minimum absolute atomic E-state index is 0.0406. The zero-order chi connectivity index (χ0) is 22.8. The monoisotopic (exact) mass is 465 g/mol. The number of benzene rings is 1. The number of carbonyl (C=O) groups excluding carboxylic acids is 3. The van der Waals surface area contributed by atoms with Gasteiger partial charge in [-0.1, -0.05) is 30.8 Å². The highest BCUT2D eigenvalue weighted by molar-refractivity contribution is 8.15. The van der Waals surface area contributed by atoms with Crippen molar-refractivity contribution in [1.29, 1.82) is 0 Å². The molecule has 1 aliphatic carbocycles. The molecule has 1 N–H and O–H groups in total. The third-order valence-electron chi connectivity index (χ3n) is 6.46. The molecular formula is C22H20F3N2O4S+. The molecule has 3 amide bonds. The first kappa shape index (κ1) is 21.3. The molecule has 0 aromatic heterocycles. The number of hydrogen-bond acceptors (Lipinski definition) is 5. The number of quaternary nitrogens is 1. The average Bonchev–Trinajstić information content (AvgIpc) is 3.35. The molecule has 2 fully saturated rings. The topological polar surface area (TPSA) is 72.5 Å². The van der Waals surface area contributed by atoms with E-state index in [1.165, 1.54) is 6.08 Å². The number of halogens is 3. The van der Waals surface area contributed by atoms with E-state index >= 15 is 0 Å². The van der Waals surface area contributed by atoms with Gasteiger partial charge in [0.25, 0.3) is 11.5 Å². The third kappa shape index (κ3) is 3.55. The Kier molecular flexibility index (Phi) is 4.79. The lowest BCUT2D eigenvalue weighted by atomic mass is 9.87. The van der Waals surface area contributed by atoms with Crippen LogP contribution in [0, 0.1) is 5.92 Å². The zero-order valence-electron chi connectivity index (χ0n) is 17.1. The third-order valence-corrected chi connectivity index (χ3v) is 7.45. The molecule has 0 bridgehead atoms. The first-order valence-electron chi connectivity index (χ1n) is 10.3. The standard InChI is InChI=1S/C22H19F3N2O4S/c1-11-6-14(22(23,24)25)3-4-15(11)20(29)27-9-13-7-12(2-5-16(13)31-18(27)10-27)8-17-19(28)26-21(30)32-17/h2-5,7,11,17-18H,6,8-10H2,1H3/p+1. The van der Waals surface area contributed by atoms with Crippen LogP contribution in [0.1, 0.15) is 24.5 Å². The van der Waals surface area contributed by atoms with Crippen LogP contribution in [-0.4, -0.2) is 45.7 Å². The summed E-state index contributed by atoms with van der Waals surface area (Å²) in [6.07, 6.45) is -2.26. The number of nitrogens with zero attached hydrogens (tertiary/aromatic N) is 1. The smallest absolute Gasteiger partial charge is 0.412 e. The van der Waals surface area contributed by atoms with Crippen LogP contribution < -0.4 is 10.1 Å². The van der Waals surface area contributed by atoms with Gasteiger partial charge >= 0.3 is 12.1 Å². The number of hydrogen-bond donors (Lipinski definition) is 1. The molecule has 0 saturated carbocycles. The van der Waals surface area contributed by atoms with E-state index in [0.29, 0.717) is 30.8 Å². The zero-order valence-corrected chi connectivity index (χ0v) is 17.9. The maximum absolute atomic E-state index is 13.4. The fourth-order valence-corrected chi connectivity index (χ4v) is 5.48. The van der Waals surface area contributed by atoms with Crippen LogP contribution in [0.2, 0.25) is 0 Å². The second kappa shape index (κ2) is 7.21. The first-order valence-corrected chi connectivity index (χ1v) is 11.1. The van der Waals surface area contributed by atoms with Crippen LogP contribution in [0.5, 0.6) is 5.75 Å². The summed E-state index contributed by atoms with van der Waals surface area (Å²) in [6.45, 7) is 2.50. The van der Waals surface area contributed by atoms with Gasteiger partial charge in [-0.3, -0.25) is 14.9 Å². The maximum Gasteiger partial charge on any atom is 0.412 e. The molecule has 3 heterocycles. The summed E-state index contributed by atoms with van der Waals surface area (Å²) in [6, 6.07) is 5.53. The van der Waals surface area contributed by atoms with Crippen molar-refractivity contribution in [3.8, 4) is 5.75 Å². The number of fused-ring (bicyclic) bond motifs is 2. The second-order valence-electron chi connectivity index (χ2n) is 8.70. The Morgan fingerprint density at radius 3 is 2.72 bits per heavy atom. The lowest BCUT2D eigenvalue weighted by Gasteiger charge is -2.28. The molecule has 1 aromatic rings. The average molecular weight is 465 g/mol. The number of nitrogens with one attached hydrogen (secondary N) is 1. The van der Waals surface area contributed by atoms with E-state index in [4.69, 9.17) is 4.74 Å². The molecule has 0 spiro atoms.